The number of aromatic nitrogens is 3. The number of rotatable bonds is 6. The molecule has 0 N–H and O–H groups in total. The van der Waals surface area contributed by atoms with Crippen LogP contribution in [0.1, 0.15) is 32.0 Å². The molecule has 23 heavy (non-hydrogen) atoms. The van der Waals surface area contributed by atoms with Gasteiger partial charge >= 0.3 is 0 Å². The highest BCUT2D eigenvalue weighted by Gasteiger charge is 2.13. The predicted molar refractivity (Wildman–Crippen MR) is 93.9 cm³/mol. The summed E-state index contributed by atoms with van der Waals surface area (Å²) in [5, 5.41) is 8.84. The van der Waals surface area contributed by atoms with Crippen molar-refractivity contribution in [2.45, 2.75) is 32.6 Å². The average molecular weight is 303 g/mol. The number of hydrogen-bond donors (Lipinski definition) is 0. The molecule has 0 radical (unpaired) electrons. The summed E-state index contributed by atoms with van der Waals surface area (Å²) in [5.74, 6) is 0.831. The predicted octanol–water partition coefficient (Wildman–Crippen LogP) is 4.94. The van der Waals surface area contributed by atoms with Gasteiger partial charge in [-0.3, -0.25) is 0 Å². The van der Waals surface area contributed by atoms with Crippen LogP contribution in [0.5, 0.6) is 0 Å². The van der Waals surface area contributed by atoms with Crippen molar-refractivity contribution in [3.8, 4) is 22.5 Å². The molecule has 0 aliphatic carbocycles. The third kappa shape index (κ3) is 3.81. The Kier molecular flexibility index (Phi) is 5.09. The highest BCUT2D eigenvalue weighted by molar-refractivity contribution is 5.77. The number of unbranched alkanes of at least 4 members (excludes halogenated alkanes) is 2. The summed E-state index contributed by atoms with van der Waals surface area (Å²) in [4.78, 5) is 4.82. The molecule has 0 aliphatic rings. The van der Waals surface area contributed by atoms with E-state index in [1.165, 1.54) is 12.8 Å². The lowest BCUT2D eigenvalue weighted by Crippen LogP contribution is -2.03. The minimum absolute atomic E-state index is 0.831. The summed E-state index contributed by atoms with van der Waals surface area (Å²) in [7, 11) is 0. The van der Waals surface area contributed by atoms with Crippen LogP contribution in [-0.4, -0.2) is 15.2 Å². The van der Waals surface area contributed by atoms with Crippen molar-refractivity contribution in [1.29, 1.82) is 0 Å². The lowest BCUT2D eigenvalue weighted by molar-refractivity contribution is 0.683. The summed E-state index contributed by atoms with van der Waals surface area (Å²) in [5.41, 5.74) is 3.89. The van der Waals surface area contributed by atoms with Gasteiger partial charge in [-0.25, -0.2) is 4.98 Å². The molecule has 0 atom stereocenters. The van der Waals surface area contributed by atoms with Gasteiger partial charge in [-0.1, -0.05) is 80.4 Å². The fourth-order valence-corrected chi connectivity index (χ4v) is 2.59. The average Bonchev–Trinajstić information content (AvgIpc) is 2.63. The Bertz CT molecular complexity index is 739. The first kappa shape index (κ1) is 15.3. The van der Waals surface area contributed by atoms with Gasteiger partial charge in [0.2, 0.25) is 0 Å². The van der Waals surface area contributed by atoms with Crippen LogP contribution < -0.4 is 0 Å². The Hall–Kier alpha value is -2.55. The molecule has 1 aromatic heterocycles. The molecule has 1 heterocycles. The van der Waals surface area contributed by atoms with Gasteiger partial charge in [-0.15, -0.1) is 10.2 Å². The van der Waals surface area contributed by atoms with Gasteiger partial charge < -0.3 is 0 Å². The molecule has 2 aromatic carbocycles. The zero-order valence-electron chi connectivity index (χ0n) is 13.4. The summed E-state index contributed by atoms with van der Waals surface area (Å²) in [6.07, 6.45) is 4.39. The molecular formula is C20H21N3. The minimum atomic E-state index is 0.831. The third-order valence-corrected chi connectivity index (χ3v) is 3.83. The summed E-state index contributed by atoms with van der Waals surface area (Å²) < 4.78 is 0. The standard InChI is InChI=1S/C20H21N3/c1-2-3-6-15-18-21-19(16-11-7-4-8-12-16)20(23-22-18)17-13-9-5-10-14-17/h4-5,7-14H,2-3,6,15H2,1H3. The molecule has 0 amide bonds. The maximum Gasteiger partial charge on any atom is 0.151 e. The molecule has 3 heteroatoms. The molecule has 3 rings (SSSR count). The van der Waals surface area contributed by atoms with Crippen LogP contribution in [0, 0.1) is 0 Å². The molecular weight excluding hydrogens is 282 g/mol. The number of benzene rings is 2. The van der Waals surface area contributed by atoms with E-state index in [1.807, 2.05) is 36.4 Å². The first-order valence-electron chi connectivity index (χ1n) is 8.23. The van der Waals surface area contributed by atoms with E-state index >= 15 is 0 Å². The monoisotopic (exact) mass is 303 g/mol. The second-order valence-corrected chi connectivity index (χ2v) is 5.61. The van der Waals surface area contributed by atoms with Crippen molar-refractivity contribution in [3.63, 3.8) is 0 Å². The van der Waals surface area contributed by atoms with Gasteiger partial charge in [0.1, 0.15) is 11.4 Å². The van der Waals surface area contributed by atoms with Gasteiger partial charge in [-0.05, 0) is 6.42 Å². The second-order valence-electron chi connectivity index (χ2n) is 5.61. The second kappa shape index (κ2) is 7.63. The van der Waals surface area contributed by atoms with Gasteiger partial charge in [0.05, 0.1) is 0 Å². The van der Waals surface area contributed by atoms with Crippen LogP contribution >= 0.6 is 0 Å². The fourth-order valence-electron chi connectivity index (χ4n) is 2.59. The van der Waals surface area contributed by atoms with Crippen molar-refractivity contribution >= 4 is 0 Å². The molecule has 0 saturated carbocycles. The van der Waals surface area contributed by atoms with Gasteiger partial charge in [0.15, 0.2) is 5.82 Å². The highest BCUT2D eigenvalue weighted by Crippen LogP contribution is 2.28. The van der Waals surface area contributed by atoms with Crippen LogP contribution in [-0.2, 0) is 6.42 Å². The van der Waals surface area contributed by atoms with Gasteiger partial charge in [0.25, 0.3) is 0 Å². The van der Waals surface area contributed by atoms with E-state index < -0.39 is 0 Å². The molecule has 0 fully saturated rings. The topological polar surface area (TPSA) is 38.7 Å². The van der Waals surface area contributed by atoms with Crippen molar-refractivity contribution in [3.05, 3.63) is 66.5 Å². The molecule has 0 saturated heterocycles. The Labute approximate surface area is 137 Å². The fraction of sp³-hybridized carbons (Fsp3) is 0.250. The van der Waals surface area contributed by atoms with Crippen molar-refractivity contribution < 1.29 is 0 Å². The SMILES string of the molecule is CCCCCc1nnc(-c2ccccc2)c(-c2ccccc2)n1. The van der Waals surface area contributed by atoms with Crippen LogP contribution in [0.2, 0.25) is 0 Å². The number of aryl methyl sites for hydroxylation is 1. The van der Waals surface area contributed by atoms with E-state index in [4.69, 9.17) is 4.98 Å². The Morgan fingerprint density at radius 1 is 0.696 bits per heavy atom. The first-order valence-corrected chi connectivity index (χ1v) is 8.23. The first-order chi connectivity index (χ1) is 11.4. The van der Waals surface area contributed by atoms with Gasteiger partial charge in [-0.2, -0.15) is 0 Å². The van der Waals surface area contributed by atoms with Crippen LogP contribution in [0.25, 0.3) is 22.5 Å². The molecule has 0 unspecified atom stereocenters. The molecule has 3 nitrogen and oxygen atoms in total. The zero-order chi connectivity index (χ0) is 15.9. The quantitative estimate of drug-likeness (QED) is 0.605. The van der Waals surface area contributed by atoms with Crippen molar-refractivity contribution in [1.82, 2.24) is 15.2 Å². The van der Waals surface area contributed by atoms with E-state index in [9.17, 15) is 0 Å². The maximum absolute atomic E-state index is 4.82. The largest absolute Gasteiger partial charge is 0.229 e. The Balaban J connectivity index is 2.02. The van der Waals surface area contributed by atoms with E-state index in [-0.39, 0.29) is 0 Å². The van der Waals surface area contributed by atoms with Crippen LogP contribution in [0.3, 0.4) is 0 Å². The summed E-state index contributed by atoms with van der Waals surface area (Å²) in [6.45, 7) is 2.20. The van der Waals surface area contributed by atoms with E-state index in [0.29, 0.717) is 0 Å². The Morgan fingerprint density at radius 2 is 1.30 bits per heavy atom. The molecule has 0 bridgehead atoms. The number of hydrogen-bond acceptors (Lipinski definition) is 3. The van der Waals surface area contributed by atoms with Crippen molar-refractivity contribution in [2.75, 3.05) is 0 Å². The van der Waals surface area contributed by atoms with Crippen LogP contribution in [0.15, 0.2) is 60.7 Å². The van der Waals surface area contributed by atoms with E-state index in [1.54, 1.807) is 0 Å². The summed E-state index contributed by atoms with van der Waals surface area (Å²) in [6, 6.07) is 20.4. The minimum Gasteiger partial charge on any atom is -0.229 e. The Morgan fingerprint density at radius 3 is 1.91 bits per heavy atom. The van der Waals surface area contributed by atoms with Crippen LogP contribution in [0.4, 0.5) is 0 Å². The molecule has 0 aliphatic heterocycles. The molecule has 0 spiro atoms. The lowest BCUT2D eigenvalue weighted by atomic mass is 10.0. The van der Waals surface area contributed by atoms with E-state index in [0.717, 1.165) is 41.2 Å². The maximum atomic E-state index is 4.82. The zero-order valence-corrected chi connectivity index (χ0v) is 13.4. The molecule has 116 valence electrons. The smallest absolute Gasteiger partial charge is 0.151 e. The summed E-state index contributed by atoms with van der Waals surface area (Å²) >= 11 is 0. The molecule has 3 aromatic rings. The van der Waals surface area contributed by atoms with Crippen molar-refractivity contribution in [2.24, 2.45) is 0 Å². The lowest BCUT2D eigenvalue weighted by Gasteiger charge is -2.09. The van der Waals surface area contributed by atoms with E-state index in [2.05, 4.69) is 41.4 Å². The third-order valence-electron chi connectivity index (χ3n) is 3.83. The highest BCUT2D eigenvalue weighted by atomic mass is 15.2. The normalized spacial score (nSPS) is 10.7. The van der Waals surface area contributed by atoms with Gasteiger partial charge in [0, 0.05) is 17.5 Å². The number of nitrogens with zero attached hydrogens (tertiary/aromatic N) is 3.